The van der Waals surface area contributed by atoms with Crippen LogP contribution in [0.2, 0.25) is 0 Å². The number of anilines is 3. The molecular formula is C23H23N3O7S3. The molecule has 0 unspecified atom stereocenters. The topological polar surface area (TPSA) is 132 Å². The summed E-state index contributed by atoms with van der Waals surface area (Å²) in [5.41, 5.74) is 1.37. The van der Waals surface area contributed by atoms with Gasteiger partial charge in [-0.3, -0.25) is 4.72 Å². The van der Waals surface area contributed by atoms with E-state index in [2.05, 4.69) is 15.4 Å². The number of sulfonamides is 1. The van der Waals surface area contributed by atoms with Crippen LogP contribution in [0.15, 0.2) is 53.4 Å². The van der Waals surface area contributed by atoms with Crippen molar-refractivity contribution in [2.75, 3.05) is 36.7 Å². The van der Waals surface area contributed by atoms with Crippen LogP contribution in [0.25, 0.3) is 0 Å². The van der Waals surface area contributed by atoms with E-state index in [1.54, 1.807) is 31.2 Å². The molecule has 0 saturated carbocycles. The van der Waals surface area contributed by atoms with E-state index >= 15 is 0 Å². The quantitative estimate of drug-likeness (QED) is 0.277. The Morgan fingerprint density at radius 2 is 1.56 bits per heavy atom. The Labute approximate surface area is 217 Å². The van der Waals surface area contributed by atoms with E-state index in [-0.39, 0.29) is 20.4 Å². The summed E-state index contributed by atoms with van der Waals surface area (Å²) in [7, 11) is 0.0570. The molecule has 1 aromatic heterocycles. The third-order valence-electron chi connectivity index (χ3n) is 4.91. The van der Waals surface area contributed by atoms with Crippen molar-refractivity contribution in [3.8, 4) is 5.75 Å². The van der Waals surface area contributed by atoms with E-state index in [4.69, 9.17) is 26.4 Å². The molecule has 0 spiro atoms. The van der Waals surface area contributed by atoms with Crippen LogP contribution in [0, 0.1) is 6.92 Å². The fraction of sp³-hybridized carbons (Fsp3) is 0.174. The first-order valence-electron chi connectivity index (χ1n) is 10.2. The van der Waals surface area contributed by atoms with E-state index in [0.717, 1.165) is 11.3 Å². The van der Waals surface area contributed by atoms with E-state index in [1.807, 2.05) is 0 Å². The lowest BCUT2D eigenvalue weighted by Crippen LogP contribution is -2.20. The first-order valence-corrected chi connectivity index (χ1v) is 13.0. The standard InChI is InChI=1S/C23H23N3O7S3/c1-13-18(21(27)32-3)20(35-19(13)22(28)33-4)25-23(34)24-14-9-11-15(12-10-14)36(29,30)26-16-7-5-6-8-17(16)31-2/h5-12,26H,1-4H3,(H2,24,25,34). The SMILES string of the molecule is COC(=O)c1sc(NC(=S)Nc2ccc(S(=O)(=O)Nc3ccccc3OC)cc2)c(C(=O)OC)c1C. The zero-order valence-corrected chi connectivity index (χ0v) is 22.2. The van der Waals surface area contributed by atoms with Gasteiger partial charge in [0.15, 0.2) is 5.11 Å². The number of hydrogen-bond acceptors (Lipinski definition) is 9. The summed E-state index contributed by atoms with van der Waals surface area (Å²) in [6, 6.07) is 12.5. The summed E-state index contributed by atoms with van der Waals surface area (Å²) in [5.74, 6) is -0.837. The average molecular weight is 550 g/mol. The molecule has 0 saturated heterocycles. The van der Waals surface area contributed by atoms with Crippen molar-refractivity contribution in [1.82, 2.24) is 0 Å². The van der Waals surface area contributed by atoms with Crippen LogP contribution >= 0.6 is 23.6 Å². The number of benzene rings is 2. The summed E-state index contributed by atoms with van der Waals surface area (Å²) in [4.78, 5) is 24.6. The van der Waals surface area contributed by atoms with Gasteiger partial charge in [-0.25, -0.2) is 18.0 Å². The number of thiocarbonyl (C=S) groups is 1. The van der Waals surface area contributed by atoms with Crippen LogP contribution in [0.5, 0.6) is 5.75 Å². The third kappa shape index (κ3) is 5.93. The van der Waals surface area contributed by atoms with Crippen molar-refractivity contribution in [3.05, 3.63) is 64.5 Å². The van der Waals surface area contributed by atoms with Gasteiger partial charge in [0.25, 0.3) is 10.0 Å². The minimum absolute atomic E-state index is 0.0300. The monoisotopic (exact) mass is 549 g/mol. The smallest absolute Gasteiger partial charge is 0.348 e. The van der Waals surface area contributed by atoms with Gasteiger partial charge in [-0.1, -0.05) is 12.1 Å². The summed E-state index contributed by atoms with van der Waals surface area (Å²) >= 11 is 6.34. The van der Waals surface area contributed by atoms with Crippen molar-refractivity contribution in [2.45, 2.75) is 11.8 Å². The molecule has 0 atom stereocenters. The van der Waals surface area contributed by atoms with Gasteiger partial charge in [0.1, 0.15) is 15.6 Å². The minimum atomic E-state index is -3.87. The van der Waals surface area contributed by atoms with Crippen LogP contribution < -0.4 is 20.1 Å². The average Bonchev–Trinajstić information content (AvgIpc) is 3.18. The highest BCUT2D eigenvalue weighted by Crippen LogP contribution is 2.34. The lowest BCUT2D eigenvalue weighted by molar-refractivity contribution is 0.0601. The Bertz CT molecular complexity index is 1400. The van der Waals surface area contributed by atoms with E-state index in [0.29, 0.717) is 27.7 Å². The second kappa shape index (κ2) is 11.4. The van der Waals surface area contributed by atoms with Crippen LogP contribution in [0.4, 0.5) is 16.4 Å². The van der Waals surface area contributed by atoms with Crippen LogP contribution in [-0.2, 0) is 19.5 Å². The maximum Gasteiger partial charge on any atom is 0.348 e. The summed E-state index contributed by atoms with van der Waals surface area (Å²) in [6.45, 7) is 1.61. The fourth-order valence-corrected chi connectivity index (χ4v) is 5.62. The molecule has 13 heteroatoms. The Hall–Kier alpha value is -3.68. The first-order chi connectivity index (χ1) is 17.1. The highest BCUT2D eigenvalue weighted by Gasteiger charge is 2.26. The maximum absolute atomic E-state index is 12.8. The number of esters is 2. The second-order valence-corrected chi connectivity index (χ2v) is 10.3. The van der Waals surface area contributed by atoms with Crippen LogP contribution in [0.3, 0.4) is 0 Å². The van der Waals surface area contributed by atoms with Gasteiger partial charge >= 0.3 is 11.9 Å². The Morgan fingerprint density at radius 1 is 0.917 bits per heavy atom. The molecule has 1 heterocycles. The van der Waals surface area contributed by atoms with Gasteiger partial charge in [0.05, 0.1) is 37.5 Å². The van der Waals surface area contributed by atoms with Crippen LogP contribution in [0.1, 0.15) is 25.6 Å². The molecule has 0 aliphatic carbocycles. The number of nitrogens with one attached hydrogen (secondary N) is 3. The van der Waals surface area contributed by atoms with Crippen molar-refractivity contribution >= 4 is 67.0 Å². The Kier molecular flexibility index (Phi) is 8.50. The normalized spacial score (nSPS) is 10.8. The molecule has 10 nitrogen and oxygen atoms in total. The molecule has 0 amide bonds. The van der Waals surface area contributed by atoms with Gasteiger partial charge < -0.3 is 24.8 Å². The number of para-hydroxylation sites is 2. The molecule has 190 valence electrons. The molecule has 0 bridgehead atoms. The zero-order valence-electron chi connectivity index (χ0n) is 19.7. The predicted molar refractivity (Wildman–Crippen MR) is 142 cm³/mol. The van der Waals surface area contributed by atoms with Crippen molar-refractivity contribution < 1.29 is 32.2 Å². The maximum atomic E-state index is 12.8. The second-order valence-electron chi connectivity index (χ2n) is 7.15. The van der Waals surface area contributed by atoms with Crippen LogP contribution in [-0.4, -0.2) is 46.8 Å². The van der Waals surface area contributed by atoms with Crippen molar-refractivity contribution in [2.24, 2.45) is 0 Å². The predicted octanol–water partition coefficient (Wildman–Crippen LogP) is 4.25. The third-order valence-corrected chi connectivity index (χ3v) is 7.68. The van der Waals surface area contributed by atoms with Gasteiger partial charge in [-0.15, -0.1) is 11.3 Å². The van der Waals surface area contributed by atoms with Gasteiger partial charge in [-0.05, 0) is 61.1 Å². The number of hydrogen-bond donors (Lipinski definition) is 3. The first kappa shape index (κ1) is 26.9. The number of carbonyl (C=O) groups is 2. The number of rotatable bonds is 8. The lowest BCUT2D eigenvalue weighted by Gasteiger charge is -2.13. The Balaban J connectivity index is 1.75. The number of ether oxygens (including phenoxy) is 3. The highest BCUT2D eigenvalue weighted by atomic mass is 32.2. The molecule has 0 fully saturated rings. The van der Waals surface area contributed by atoms with Crippen molar-refractivity contribution in [1.29, 1.82) is 0 Å². The minimum Gasteiger partial charge on any atom is -0.495 e. The van der Waals surface area contributed by atoms with Gasteiger partial charge in [-0.2, -0.15) is 0 Å². The molecule has 2 aromatic carbocycles. The fourth-order valence-electron chi connectivity index (χ4n) is 3.15. The molecular weight excluding hydrogens is 526 g/mol. The molecule has 3 aromatic rings. The summed E-state index contributed by atoms with van der Waals surface area (Å²) in [6.07, 6.45) is 0. The Morgan fingerprint density at radius 3 is 2.17 bits per heavy atom. The van der Waals surface area contributed by atoms with E-state index in [1.165, 1.54) is 45.6 Å². The highest BCUT2D eigenvalue weighted by molar-refractivity contribution is 7.92. The van der Waals surface area contributed by atoms with Gasteiger partial charge in [0.2, 0.25) is 0 Å². The summed E-state index contributed by atoms with van der Waals surface area (Å²) in [5, 5.41) is 6.22. The molecule has 0 aliphatic rings. The lowest BCUT2D eigenvalue weighted by atomic mass is 10.1. The van der Waals surface area contributed by atoms with E-state index in [9.17, 15) is 18.0 Å². The zero-order chi connectivity index (χ0) is 26.5. The summed E-state index contributed by atoms with van der Waals surface area (Å²) < 4.78 is 42.8. The molecule has 3 N–H and O–H groups in total. The van der Waals surface area contributed by atoms with Crippen molar-refractivity contribution in [3.63, 3.8) is 0 Å². The number of methoxy groups -OCH3 is 3. The van der Waals surface area contributed by atoms with Gasteiger partial charge in [0, 0.05) is 5.69 Å². The number of carbonyl (C=O) groups excluding carboxylic acids is 2. The van der Waals surface area contributed by atoms with E-state index < -0.39 is 22.0 Å². The largest absolute Gasteiger partial charge is 0.495 e. The molecule has 0 aliphatic heterocycles. The molecule has 3 rings (SSSR count). The number of thiophene rings is 1. The molecule has 36 heavy (non-hydrogen) atoms. The molecule has 0 radical (unpaired) electrons.